The summed E-state index contributed by atoms with van der Waals surface area (Å²) >= 11 is 0. The molecule has 19 heavy (non-hydrogen) atoms. The van der Waals surface area contributed by atoms with E-state index >= 15 is 0 Å². The summed E-state index contributed by atoms with van der Waals surface area (Å²) in [5.41, 5.74) is 9.29. The highest BCUT2D eigenvalue weighted by atomic mass is 15.2. The largest absolute Gasteiger partial charge is 0.384 e. The number of para-hydroxylation sites is 1. The molecule has 0 saturated carbocycles. The van der Waals surface area contributed by atoms with Gasteiger partial charge >= 0.3 is 0 Å². The number of aryl methyl sites for hydroxylation is 2. The maximum Gasteiger partial charge on any atom is 0.144 e. The molecule has 0 fully saturated rings. The van der Waals surface area contributed by atoms with Gasteiger partial charge in [-0.25, -0.2) is 4.98 Å². The second-order valence-electron chi connectivity index (χ2n) is 4.59. The molecule has 0 aliphatic rings. The number of rotatable bonds is 3. The van der Waals surface area contributed by atoms with Crippen molar-refractivity contribution < 1.29 is 0 Å². The van der Waals surface area contributed by atoms with Crippen molar-refractivity contribution in [2.75, 3.05) is 11.9 Å². The SMILES string of the molecule is Cc1cc(C)c(C(=N)N)c(N(C)c2ccccc2)n1. The number of amidine groups is 1. The Balaban J connectivity index is 2.58. The number of nitrogens with zero attached hydrogens (tertiary/aromatic N) is 2. The predicted octanol–water partition coefficient (Wildman–Crippen LogP) is 2.75. The van der Waals surface area contributed by atoms with Crippen molar-refractivity contribution in [1.82, 2.24) is 4.98 Å². The summed E-state index contributed by atoms with van der Waals surface area (Å²) in [6.07, 6.45) is 0. The van der Waals surface area contributed by atoms with Gasteiger partial charge in [-0.2, -0.15) is 0 Å². The van der Waals surface area contributed by atoms with Crippen molar-refractivity contribution in [2.24, 2.45) is 5.73 Å². The van der Waals surface area contributed by atoms with Gasteiger partial charge in [-0.15, -0.1) is 0 Å². The Morgan fingerprint density at radius 1 is 1.21 bits per heavy atom. The molecule has 0 saturated heterocycles. The normalized spacial score (nSPS) is 10.3. The zero-order valence-electron chi connectivity index (χ0n) is 11.4. The Morgan fingerprint density at radius 3 is 2.42 bits per heavy atom. The molecule has 0 bridgehead atoms. The molecule has 0 aliphatic heterocycles. The van der Waals surface area contributed by atoms with Crippen LogP contribution in [0.1, 0.15) is 16.8 Å². The number of nitrogen functional groups attached to an aromatic ring is 1. The van der Waals surface area contributed by atoms with Crippen molar-refractivity contribution in [1.29, 1.82) is 5.41 Å². The minimum absolute atomic E-state index is 0.0442. The van der Waals surface area contributed by atoms with Gasteiger partial charge in [-0.3, -0.25) is 5.41 Å². The minimum atomic E-state index is 0.0442. The van der Waals surface area contributed by atoms with Crippen LogP contribution in [0.5, 0.6) is 0 Å². The molecule has 2 rings (SSSR count). The molecule has 98 valence electrons. The Labute approximate surface area is 113 Å². The van der Waals surface area contributed by atoms with Gasteiger partial charge in [0.25, 0.3) is 0 Å². The van der Waals surface area contributed by atoms with Crippen molar-refractivity contribution in [3.8, 4) is 0 Å². The molecule has 4 nitrogen and oxygen atoms in total. The number of hydrogen-bond donors (Lipinski definition) is 2. The zero-order chi connectivity index (χ0) is 14.0. The third kappa shape index (κ3) is 2.57. The lowest BCUT2D eigenvalue weighted by Crippen LogP contribution is -2.21. The standard InChI is InChI=1S/C15H18N4/c1-10-9-11(2)18-15(13(10)14(16)17)19(3)12-7-5-4-6-8-12/h4-9H,1-3H3,(H3,16,17). The first-order valence-electron chi connectivity index (χ1n) is 6.12. The third-order valence-electron chi connectivity index (χ3n) is 3.06. The van der Waals surface area contributed by atoms with E-state index in [1.165, 1.54) is 0 Å². The molecule has 3 N–H and O–H groups in total. The Hall–Kier alpha value is -2.36. The molecule has 0 atom stereocenters. The fourth-order valence-corrected chi connectivity index (χ4v) is 2.17. The second kappa shape index (κ2) is 5.10. The first-order chi connectivity index (χ1) is 9.00. The van der Waals surface area contributed by atoms with Crippen molar-refractivity contribution in [2.45, 2.75) is 13.8 Å². The Morgan fingerprint density at radius 2 is 1.84 bits per heavy atom. The van der Waals surface area contributed by atoms with Gasteiger partial charge < -0.3 is 10.6 Å². The van der Waals surface area contributed by atoms with E-state index in [0.717, 1.165) is 22.8 Å². The fraction of sp³-hybridized carbons (Fsp3) is 0.200. The molecule has 0 amide bonds. The topological polar surface area (TPSA) is 66.0 Å². The number of nitrogens with two attached hydrogens (primary N) is 1. The van der Waals surface area contributed by atoms with E-state index in [2.05, 4.69) is 4.98 Å². The lowest BCUT2D eigenvalue weighted by Gasteiger charge is -2.22. The van der Waals surface area contributed by atoms with E-state index in [4.69, 9.17) is 11.1 Å². The number of hydrogen-bond acceptors (Lipinski definition) is 3. The van der Waals surface area contributed by atoms with Crippen LogP contribution in [0.4, 0.5) is 11.5 Å². The first kappa shape index (κ1) is 13.1. The molecule has 4 heteroatoms. The van der Waals surface area contributed by atoms with Crippen molar-refractivity contribution in [3.05, 3.63) is 53.2 Å². The number of pyridine rings is 1. The molecule has 2 aromatic rings. The average Bonchev–Trinajstić information content (AvgIpc) is 2.37. The summed E-state index contributed by atoms with van der Waals surface area (Å²) in [6, 6.07) is 11.9. The number of anilines is 2. The van der Waals surface area contributed by atoms with E-state index in [9.17, 15) is 0 Å². The van der Waals surface area contributed by atoms with Gasteiger partial charge in [0.2, 0.25) is 0 Å². The predicted molar refractivity (Wildman–Crippen MR) is 79.2 cm³/mol. The second-order valence-corrected chi connectivity index (χ2v) is 4.59. The number of benzene rings is 1. The van der Waals surface area contributed by atoms with Crippen LogP contribution in [-0.4, -0.2) is 17.9 Å². The molecule has 1 aromatic heterocycles. The maximum absolute atomic E-state index is 7.75. The highest BCUT2D eigenvalue weighted by Crippen LogP contribution is 2.27. The first-order valence-corrected chi connectivity index (χ1v) is 6.12. The highest BCUT2D eigenvalue weighted by molar-refractivity contribution is 6.01. The summed E-state index contributed by atoms with van der Waals surface area (Å²) in [7, 11) is 1.93. The molecule has 0 unspecified atom stereocenters. The van der Waals surface area contributed by atoms with Crippen molar-refractivity contribution >= 4 is 17.3 Å². The van der Waals surface area contributed by atoms with Crippen LogP contribution < -0.4 is 10.6 Å². The number of aromatic nitrogens is 1. The van der Waals surface area contributed by atoms with Crippen LogP contribution in [0, 0.1) is 19.3 Å². The fourth-order valence-electron chi connectivity index (χ4n) is 2.17. The van der Waals surface area contributed by atoms with E-state index < -0.39 is 0 Å². The lowest BCUT2D eigenvalue weighted by molar-refractivity contribution is 1.07. The molecular formula is C15H18N4. The van der Waals surface area contributed by atoms with Crippen LogP contribution >= 0.6 is 0 Å². The van der Waals surface area contributed by atoms with E-state index in [-0.39, 0.29) is 5.84 Å². The number of nitrogens with one attached hydrogen (secondary N) is 1. The maximum atomic E-state index is 7.75. The van der Waals surface area contributed by atoms with E-state index in [1.807, 2.05) is 62.2 Å². The van der Waals surface area contributed by atoms with Gasteiger partial charge in [0.1, 0.15) is 11.7 Å². The van der Waals surface area contributed by atoms with Gasteiger partial charge in [0.15, 0.2) is 0 Å². The molecule has 0 aliphatic carbocycles. The van der Waals surface area contributed by atoms with Gasteiger partial charge in [0, 0.05) is 18.4 Å². The summed E-state index contributed by atoms with van der Waals surface area (Å²) in [6.45, 7) is 3.90. The van der Waals surface area contributed by atoms with Crippen LogP contribution in [0.2, 0.25) is 0 Å². The molecular weight excluding hydrogens is 236 g/mol. The smallest absolute Gasteiger partial charge is 0.144 e. The zero-order valence-corrected chi connectivity index (χ0v) is 11.4. The monoisotopic (exact) mass is 254 g/mol. The molecule has 0 radical (unpaired) electrons. The molecule has 1 aromatic carbocycles. The minimum Gasteiger partial charge on any atom is -0.384 e. The summed E-state index contributed by atoms with van der Waals surface area (Å²) < 4.78 is 0. The molecule has 1 heterocycles. The third-order valence-corrected chi connectivity index (χ3v) is 3.06. The Bertz CT molecular complexity index is 605. The lowest BCUT2D eigenvalue weighted by atomic mass is 10.1. The highest BCUT2D eigenvalue weighted by Gasteiger charge is 2.16. The summed E-state index contributed by atoms with van der Waals surface area (Å²) in [4.78, 5) is 6.49. The quantitative estimate of drug-likeness (QED) is 0.654. The van der Waals surface area contributed by atoms with Crippen LogP contribution in [-0.2, 0) is 0 Å². The van der Waals surface area contributed by atoms with Gasteiger partial charge in [0.05, 0.1) is 5.56 Å². The van der Waals surface area contributed by atoms with E-state index in [0.29, 0.717) is 5.56 Å². The van der Waals surface area contributed by atoms with Crippen LogP contribution in [0.3, 0.4) is 0 Å². The van der Waals surface area contributed by atoms with E-state index in [1.54, 1.807) is 0 Å². The van der Waals surface area contributed by atoms with Gasteiger partial charge in [-0.1, -0.05) is 18.2 Å². The average molecular weight is 254 g/mol. The molecule has 0 spiro atoms. The van der Waals surface area contributed by atoms with Gasteiger partial charge in [-0.05, 0) is 37.6 Å². The van der Waals surface area contributed by atoms with Crippen LogP contribution in [0.25, 0.3) is 0 Å². The van der Waals surface area contributed by atoms with Crippen molar-refractivity contribution in [3.63, 3.8) is 0 Å². The summed E-state index contributed by atoms with van der Waals surface area (Å²) in [5, 5.41) is 7.75. The van der Waals surface area contributed by atoms with Crippen LogP contribution in [0.15, 0.2) is 36.4 Å². The Kier molecular flexibility index (Phi) is 3.51. The summed E-state index contributed by atoms with van der Waals surface area (Å²) in [5.74, 6) is 0.763.